The first kappa shape index (κ1) is 29.2. The molecule has 2 aromatic carbocycles. The predicted molar refractivity (Wildman–Crippen MR) is 138 cm³/mol. The average molecular weight is 598 g/mol. The zero-order chi connectivity index (χ0) is 30.5. The van der Waals surface area contributed by atoms with Crippen LogP contribution in [0.3, 0.4) is 0 Å². The lowest BCUT2D eigenvalue weighted by molar-refractivity contribution is -0.0502. The Hall–Kier alpha value is -4.27. The Morgan fingerprint density at radius 2 is 1.83 bits per heavy atom. The third kappa shape index (κ3) is 5.60. The summed E-state index contributed by atoms with van der Waals surface area (Å²) < 4.78 is 95.1. The minimum atomic E-state index is -3.41. The molecular weight excluding hydrogens is 572 g/mol. The largest absolute Gasteiger partial charge is 0.496 e. The summed E-state index contributed by atoms with van der Waals surface area (Å²) in [5, 5.41) is 20.2. The number of rotatable bonds is 10. The van der Waals surface area contributed by atoms with Crippen molar-refractivity contribution in [3.05, 3.63) is 47.8 Å². The molecule has 5 rings (SSSR count). The third-order valence-corrected chi connectivity index (χ3v) is 6.75. The van der Waals surface area contributed by atoms with Crippen LogP contribution in [0.1, 0.15) is 35.7 Å². The van der Waals surface area contributed by atoms with Gasteiger partial charge in [-0.2, -0.15) is 19.0 Å². The zero-order valence-corrected chi connectivity index (χ0v) is 22.4. The van der Waals surface area contributed by atoms with Crippen molar-refractivity contribution < 1.29 is 45.7 Å². The molecule has 9 nitrogen and oxygen atoms in total. The smallest absolute Gasteiger partial charge is 0.387 e. The molecule has 0 unspecified atom stereocenters. The summed E-state index contributed by atoms with van der Waals surface area (Å²) in [6.07, 6.45) is -1.22. The molecule has 4 aromatic rings. The van der Waals surface area contributed by atoms with E-state index < -0.39 is 60.3 Å². The maximum absolute atomic E-state index is 14.5. The highest BCUT2D eigenvalue weighted by molar-refractivity contribution is 6.03. The van der Waals surface area contributed by atoms with Crippen LogP contribution in [0.5, 0.6) is 11.5 Å². The highest BCUT2D eigenvalue weighted by Crippen LogP contribution is 2.44. The predicted octanol–water partition coefficient (Wildman–Crippen LogP) is 5.17. The van der Waals surface area contributed by atoms with E-state index in [2.05, 4.69) is 20.3 Å². The first-order valence-corrected chi connectivity index (χ1v) is 12.6. The third-order valence-electron chi connectivity index (χ3n) is 6.75. The summed E-state index contributed by atoms with van der Waals surface area (Å²) >= 11 is 0. The van der Waals surface area contributed by atoms with E-state index in [0.717, 1.165) is 13.2 Å². The number of alkyl halides is 6. The second-order valence-electron chi connectivity index (χ2n) is 9.95. The minimum Gasteiger partial charge on any atom is -0.496 e. The van der Waals surface area contributed by atoms with Crippen LogP contribution in [0.25, 0.3) is 33.3 Å². The highest BCUT2D eigenvalue weighted by atomic mass is 19.3. The van der Waals surface area contributed by atoms with Gasteiger partial charge >= 0.3 is 6.61 Å². The topological polar surface area (TPSA) is 103 Å². The van der Waals surface area contributed by atoms with Gasteiger partial charge in [0.2, 0.25) is 0 Å². The highest BCUT2D eigenvalue weighted by Gasteiger charge is 2.58. The number of amides is 1. The Bertz CT molecular complexity index is 1650. The molecule has 2 N–H and O–H groups in total. The summed E-state index contributed by atoms with van der Waals surface area (Å²) in [4.78, 5) is 12.8. The Morgan fingerprint density at radius 1 is 1.14 bits per heavy atom. The molecule has 0 radical (unpaired) electrons. The summed E-state index contributed by atoms with van der Waals surface area (Å²) in [5.41, 5.74) is 0.176. The lowest BCUT2D eigenvalue weighted by Crippen LogP contribution is -2.30. The number of aliphatic hydroxyl groups excluding tert-OH is 1. The molecule has 0 bridgehead atoms. The lowest BCUT2D eigenvalue weighted by atomic mass is 9.97. The monoisotopic (exact) mass is 597 g/mol. The molecule has 2 aromatic heterocycles. The summed E-state index contributed by atoms with van der Waals surface area (Å²) in [6, 6.07) is 3.59. The summed E-state index contributed by atoms with van der Waals surface area (Å²) in [5.74, 6) is -5.25. The number of benzene rings is 2. The van der Waals surface area contributed by atoms with E-state index in [1.807, 2.05) is 0 Å². The van der Waals surface area contributed by atoms with Gasteiger partial charge in [0.25, 0.3) is 18.3 Å². The standard InChI is InChI=1S/C27H25F6N5O4/c1-12(39)10-38-11-15(9-34-38)13-4-16(24(28)29)21-17(5-13)36-37(2)23(21)14-6-18(41-3)22(19(7-14)42-26(30)31)25(40)35-20-8-27(20,32)33/h4-7,9,11-12,20,24,26,39H,8,10H2,1-3H3,(H,35,40)/t12-,20+/m0/s1. The van der Waals surface area contributed by atoms with Crippen molar-refractivity contribution >= 4 is 16.8 Å². The van der Waals surface area contributed by atoms with Crippen LogP contribution >= 0.6 is 0 Å². The Labute approximate surface area is 234 Å². The van der Waals surface area contributed by atoms with E-state index in [4.69, 9.17) is 4.74 Å². The van der Waals surface area contributed by atoms with Gasteiger partial charge in [0.05, 0.1) is 43.2 Å². The van der Waals surface area contributed by atoms with Crippen molar-refractivity contribution in [1.82, 2.24) is 24.9 Å². The van der Waals surface area contributed by atoms with E-state index >= 15 is 0 Å². The van der Waals surface area contributed by atoms with Crippen molar-refractivity contribution in [2.45, 2.75) is 51.0 Å². The number of aromatic nitrogens is 4. The Morgan fingerprint density at radius 3 is 2.43 bits per heavy atom. The molecule has 1 aliphatic carbocycles. The fourth-order valence-corrected chi connectivity index (χ4v) is 4.81. The molecule has 1 amide bonds. The van der Waals surface area contributed by atoms with Crippen LogP contribution in [0.4, 0.5) is 26.3 Å². The minimum absolute atomic E-state index is 0.00694. The maximum atomic E-state index is 14.5. The van der Waals surface area contributed by atoms with E-state index in [1.54, 1.807) is 19.2 Å². The van der Waals surface area contributed by atoms with Gasteiger partial charge in [0.1, 0.15) is 17.1 Å². The number of nitrogens with one attached hydrogen (secondary N) is 1. The van der Waals surface area contributed by atoms with Crippen LogP contribution in [0, 0.1) is 0 Å². The molecular formula is C27H25F6N5O4. The van der Waals surface area contributed by atoms with Gasteiger partial charge in [-0.15, -0.1) is 0 Å². The number of aliphatic hydroxyl groups is 1. The molecule has 0 aliphatic heterocycles. The van der Waals surface area contributed by atoms with Crippen LogP contribution < -0.4 is 14.8 Å². The first-order chi connectivity index (χ1) is 19.8. The number of halogens is 6. The van der Waals surface area contributed by atoms with Crippen molar-refractivity contribution in [3.8, 4) is 33.9 Å². The fraction of sp³-hybridized carbons (Fsp3) is 0.370. The molecule has 2 atom stereocenters. The van der Waals surface area contributed by atoms with Gasteiger partial charge in [0, 0.05) is 41.7 Å². The number of hydrogen-bond donors (Lipinski definition) is 2. The van der Waals surface area contributed by atoms with E-state index in [9.17, 15) is 36.2 Å². The quantitative estimate of drug-likeness (QED) is 0.245. The number of methoxy groups -OCH3 is 1. The summed E-state index contributed by atoms with van der Waals surface area (Å²) in [7, 11) is 2.59. The van der Waals surface area contributed by atoms with Crippen LogP contribution in [0.15, 0.2) is 36.7 Å². The van der Waals surface area contributed by atoms with Crippen molar-refractivity contribution in [2.75, 3.05) is 7.11 Å². The summed E-state index contributed by atoms with van der Waals surface area (Å²) in [6.45, 7) is -1.63. The van der Waals surface area contributed by atoms with Gasteiger partial charge in [0.15, 0.2) is 0 Å². The van der Waals surface area contributed by atoms with Crippen LogP contribution in [-0.4, -0.2) is 62.4 Å². The average Bonchev–Trinajstić information content (AvgIpc) is 3.20. The van der Waals surface area contributed by atoms with Crippen molar-refractivity contribution in [2.24, 2.45) is 7.05 Å². The lowest BCUT2D eigenvalue weighted by Gasteiger charge is -2.17. The molecule has 42 heavy (non-hydrogen) atoms. The van der Waals surface area contributed by atoms with Crippen LogP contribution in [-0.2, 0) is 13.6 Å². The number of hydrogen-bond acceptors (Lipinski definition) is 6. The number of carbonyl (C=O) groups is 1. The van der Waals surface area contributed by atoms with Crippen molar-refractivity contribution in [1.29, 1.82) is 0 Å². The number of fused-ring (bicyclic) bond motifs is 1. The number of carbonyl (C=O) groups excluding carboxylic acids is 1. The molecule has 0 spiro atoms. The van der Waals surface area contributed by atoms with E-state index in [0.29, 0.717) is 11.1 Å². The number of ether oxygens (including phenoxy) is 2. The molecule has 15 heteroatoms. The van der Waals surface area contributed by atoms with Crippen LogP contribution in [0.2, 0.25) is 0 Å². The van der Waals surface area contributed by atoms with Gasteiger partial charge in [-0.3, -0.25) is 14.2 Å². The van der Waals surface area contributed by atoms with Gasteiger partial charge < -0.3 is 19.9 Å². The number of aryl methyl sites for hydroxylation is 1. The Kier molecular flexibility index (Phi) is 7.55. The fourth-order valence-electron chi connectivity index (χ4n) is 4.81. The molecule has 1 saturated carbocycles. The SMILES string of the molecule is COc1cc(-c2c3c(C(F)F)cc(-c4cnn(C[C@H](C)O)c4)cc3nn2C)cc(OC(F)F)c1C(=O)N[C@@H]1CC1(F)F. The first-order valence-electron chi connectivity index (χ1n) is 12.6. The molecule has 1 fully saturated rings. The second kappa shape index (κ2) is 10.9. The van der Waals surface area contributed by atoms with E-state index in [-0.39, 0.29) is 34.5 Å². The van der Waals surface area contributed by atoms with Gasteiger partial charge in [-0.05, 0) is 36.8 Å². The second-order valence-corrected chi connectivity index (χ2v) is 9.95. The molecule has 1 aliphatic rings. The van der Waals surface area contributed by atoms with Gasteiger partial charge in [-0.25, -0.2) is 17.6 Å². The molecule has 2 heterocycles. The van der Waals surface area contributed by atoms with Gasteiger partial charge in [-0.1, -0.05) is 0 Å². The molecule has 224 valence electrons. The Balaban J connectivity index is 1.65. The molecule has 0 saturated heterocycles. The zero-order valence-electron chi connectivity index (χ0n) is 22.4. The number of nitrogens with zero attached hydrogens (tertiary/aromatic N) is 4. The van der Waals surface area contributed by atoms with E-state index in [1.165, 1.54) is 34.7 Å². The maximum Gasteiger partial charge on any atom is 0.387 e. The normalized spacial score (nSPS) is 16.7. The van der Waals surface area contributed by atoms with Crippen molar-refractivity contribution in [3.63, 3.8) is 0 Å².